The van der Waals surface area contributed by atoms with Crippen LogP contribution in [0.4, 0.5) is 0 Å². The van der Waals surface area contributed by atoms with E-state index >= 15 is 0 Å². The van der Waals surface area contributed by atoms with Crippen molar-refractivity contribution in [1.29, 1.82) is 5.26 Å². The zero-order valence-corrected chi connectivity index (χ0v) is 8.95. The second-order valence-corrected chi connectivity index (χ2v) is 2.12. The van der Waals surface area contributed by atoms with Gasteiger partial charge in [-0.3, -0.25) is 4.79 Å². The van der Waals surface area contributed by atoms with Crippen LogP contribution in [0.2, 0.25) is 0 Å². The van der Waals surface area contributed by atoms with Crippen molar-refractivity contribution in [2.45, 2.75) is 6.42 Å². The normalized spacial score (nSPS) is 7.92. The van der Waals surface area contributed by atoms with Gasteiger partial charge in [-0.05, 0) is 0 Å². The van der Waals surface area contributed by atoms with Crippen LogP contribution in [0, 0.1) is 11.3 Å². The van der Waals surface area contributed by atoms with Crippen LogP contribution in [0.1, 0.15) is 16.8 Å². The molecule has 1 rings (SSSR count). The minimum atomic E-state index is -0.117. The van der Waals surface area contributed by atoms with Crippen LogP contribution >= 0.6 is 0 Å². The molecule has 0 saturated heterocycles. The van der Waals surface area contributed by atoms with Crippen LogP contribution in [0.25, 0.3) is 0 Å². The Morgan fingerprint density at radius 3 is 2.42 bits per heavy atom. The largest absolute Gasteiger partial charge is 0.293 e. The van der Waals surface area contributed by atoms with Gasteiger partial charge >= 0.3 is 0 Å². The minimum Gasteiger partial charge on any atom is -0.293 e. The van der Waals surface area contributed by atoms with Crippen molar-refractivity contribution in [3.63, 3.8) is 0 Å². The van der Waals surface area contributed by atoms with Crippen molar-refractivity contribution in [2.24, 2.45) is 0 Å². The molecule has 0 fully saturated rings. The molecule has 0 aliphatic rings. The van der Waals surface area contributed by atoms with E-state index in [1.165, 1.54) is 0 Å². The summed E-state index contributed by atoms with van der Waals surface area (Å²) in [5, 5.41) is 8.23. The number of Topliss-reactive ketones (excluding diaryl/α,β-unsaturated/α-hetero) is 1. The zero-order valence-electron chi connectivity index (χ0n) is 6.95. The van der Waals surface area contributed by atoms with Gasteiger partial charge in [0.15, 0.2) is 5.78 Å². The second kappa shape index (κ2) is 5.96. The first-order valence-electron chi connectivity index (χ1n) is 3.30. The molecule has 55 valence electrons. The summed E-state index contributed by atoms with van der Waals surface area (Å²) in [6, 6.07) is 10.6. The molecule has 0 aliphatic carbocycles. The third-order valence-corrected chi connectivity index (χ3v) is 1.34. The average Bonchev–Trinajstić information content (AvgIpc) is 2.07. The first kappa shape index (κ1) is 11.4. The Kier molecular flexibility index (Phi) is 5.65. The van der Waals surface area contributed by atoms with Crippen LogP contribution in [-0.4, -0.2) is 35.3 Å². The van der Waals surface area contributed by atoms with E-state index < -0.39 is 0 Å². The summed E-state index contributed by atoms with van der Waals surface area (Å²) >= 11 is 0. The molecular weight excluding hydrogens is 161 g/mol. The van der Waals surface area contributed by atoms with Crippen LogP contribution < -0.4 is 0 Å². The van der Waals surface area contributed by atoms with Gasteiger partial charge < -0.3 is 0 Å². The molecular formula is C9H7NNaO. The summed E-state index contributed by atoms with van der Waals surface area (Å²) in [7, 11) is 0. The molecule has 0 unspecified atom stereocenters. The molecule has 0 aliphatic heterocycles. The third kappa shape index (κ3) is 3.19. The monoisotopic (exact) mass is 168 g/mol. The Balaban J connectivity index is 0.00000121. The molecule has 1 radical (unpaired) electrons. The van der Waals surface area contributed by atoms with Crippen LogP contribution in [0.15, 0.2) is 30.3 Å². The molecule has 0 N–H and O–H groups in total. The van der Waals surface area contributed by atoms with Crippen LogP contribution in [0.3, 0.4) is 0 Å². The van der Waals surface area contributed by atoms with Gasteiger partial charge in [-0.1, -0.05) is 30.3 Å². The van der Waals surface area contributed by atoms with Gasteiger partial charge in [0.05, 0.1) is 12.5 Å². The van der Waals surface area contributed by atoms with E-state index in [1.807, 2.05) is 12.1 Å². The van der Waals surface area contributed by atoms with E-state index in [1.54, 1.807) is 24.3 Å². The Morgan fingerprint density at radius 1 is 1.33 bits per heavy atom. The smallest absolute Gasteiger partial charge is 0.176 e. The second-order valence-electron chi connectivity index (χ2n) is 2.12. The minimum absolute atomic E-state index is 0. The van der Waals surface area contributed by atoms with Crippen molar-refractivity contribution in [2.75, 3.05) is 0 Å². The molecule has 0 spiro atoms. The molecule has 0 saturated carbocycles. The molecule has 0 heterocycles. The quantitative estimate of drug-likeness (QED) is 0.494. The fourth-order valence-corrected chi connectivity index (χ4v) is 0.798. The zero-order chi connectivity index (χ0) is 8.10. The van der Waals surface area contributed by atoms with Crippen molar-refractivity contribution >= 4 is 35.3 Å². The Hall–Kier alpha value is -0.620. The van der Waals surface area contributed by atoms with Crippen molar-refractivity contribution in [1.82, 2.24) is 0 Å². The summed E-state index contributed by atoms with van der Waals surface area (Å²) in [6.07, 6.45) is -0.0377. The van der Waals surface area contributed by atoms with Crippen LogP contribution in [-0.2, 0) is 0 Å². The van der Waals surface area contributed by atoms with Crippen molar-refractivity contribution in [3.8, 4) is 6.07 Å². The summed E-state index contributed by atoms with van der Waals surface area (Å²) in [5.41, 5.74) is 0.606. The maximum absolute atomic E-state index is 11.0. The molecule has 0 bridgehead atoms. The molecule has 1 aromatic carbocycles. The fraction of sp³-hybridized carbons (Fsp3) is 0.111. The van der Waals surface area contributed by atoms with E-state index in [4.69, 9.17) is 5.26 Å². The number of nitriles is 1. The summed E-state index contributed by atoms with van der Waals surface area (Å²) in [4.78, 5) is 11.0. The number of hydrogen-bond acceptors (Lipinski definition) is 2. The standard InChI is InChI=1S/C9H7NO.Na/c10-7-6-9(11)8-4-2-1-3-5-8;/h1-5H,6H2;. The first-order chi connectivity index (χ1) is 5.34. The molecule has 0 atom stereocenters. The molecule has 12 heavy (non-hydrogen) atoms. The van der Waals surface area contributed by atoms with E-state index in [0.29, 0.717) is 5.56 Å². The number of rotatable bonds is 2. The van der Waals surface area contributed by atoms with E-state index in [-0.39, 0.29) is 41.8 Å². The van der Waals surface area contributed by atoms with Gasteiger partial charge in [0, 0.05) is 35.1 Å². The maximum Gasteiger partial charge on any atom is 0.176 e. The molecule has 0 aromatic heterocycles. The fourth-order valence-electron chi connectivity index (χ4n) is 0.798. The summed E-state index contributed by atoms with van der Waals surface area (Å²) in [5.74, 6) is -0.117. The number of ketones is 1. The van der Waals surface area contributed by atoms with Gasteiger partial charge in [0.25, 0.3) is 0 Å². The number of nitrogens with zero attached hydrogens (tertiary/aromatic N) is 1. The van der Waals surface area contributed by atoms with Gasteiger partial charge in [-0.25, -0.2) is 0 Å². The maximum atomic E-state index is 11.0. The van der Waals surface area contributed by atoms with Crippen molar-refractivity contribution in [3.05, 3.63) is 35.9 Å². The van der Waals surface area contributed by atoms with E-state index in [9.17, 15) is 4.79 Å². The molecule has 3 heteroatoms. The average molecular weight is 168 g/mol. The Bertz CT molecular complexity index is 289. The van der Waals surface area contributed by atoms with Gasteiger partial charge in [0.1, 0.15) is 0 Å². The molecule has 0 amide bonds. The summed E-state index contributed by atoms with van der Waals surface area (Å²) in [6.45, 7) is 0. The number of hydrogen-bond donors (Lipinski definition) is 0. The van der Waals surface area contributed by atoms with E-state index in [0.717, 1.165) is 0 Å². The predicted octanol–water partition coefficient (Wildman–Crippen LogP) is 1.40. The molecule has 1 aromatic rings. The topological polar surface area (TPSA) is 40.9 Å². The van der Waals surface area contributed by atoms with Gasteiger partial charge in [-0.15, -0.1) is 0 Å². The van der Waals surface area contributed by atoms with Gasteiger partial charge in [0.2, 0.25) is 0 Å². The Morgan fingerprint density at radius 2 is 1.92 bits per heavy atom. The predicted molar refractivity (Wildman–Crippen MR) is 46.8 cm³/mol. The number of carbonyl (C=O) groups is 1. The van der Waals surface area contributed by atoms with E-state index in [2.05, 4.69) is 0 Å². The number of carbonyl (C=O) groups excluding carboxylic acids is 1. The first-order valence-corrected chi connectivity index (χ1v) is 3.30. The third-order valence-electron chi connectivity index (χ3n) is 1.34. The number of benzene rings is 1. The molecule has 2 nitrogen and oxygen atoms in total. The van der Waals surface area contributed by atoms with Crippen LogP contribution in [0.5, 0.6) is 0 Å². The SMILES string of the molecule is N#CCC(=O)c1ccccc1.[Na]. The Labute approximate surface area is 93.5 Å². The van der Waals surface area contributed by atoms with Crippen molar-refractivity contribution < 1.29 is 4.79 Å². The summed E-state index contributed by atoms with van der Waals surface area (Å²) < 4.78 is 0. The van der Waals surface area contributed by atoms with Gasteiger partial charge in [-0.2, -0.15) is 5.26 Å².